The fourth-order valence-corrected chi connectivity index (χ4v) is 3.34. The second-order valence-corrected chi connectivity index (χ2v) is 6.91. The molecule has 1 aliphatic heterocycles. The number of likely N-dealkylation sites (tertiary alicyclic amines) is 1. The van der Waals surface area contributed by atoms with Crippen molar-refractivity contribution in [3.05, 3.63) is 57.9 Å². The van der Waals surface area contributed by atoms with E-state index in [-0.39, 0.29) is 11.9 Å². The average molecular weight is 359 g/mol. The van der Waals surface area contributed by atoms with E-state index in [9.17, 15) is 4.79 Å². The Morgan fingerprint density at radius 3 is 2.84 bits per heavy atom. The zero-order chi connectivity index (χ0) is 18.0. The summed E-state index contributed by atoms with van der Waals surface area (Å²) in [6.45, 7) is 5.93. The maximum atomic E-state index is 12.3. The van der Waals surface area contributed by atoms with Crippen molar-refractivity contribution in [2.75, 3.05) is 13.1 Å². The van der Waals surface area contributed by atoms with Gasteiger partial charge in [0.25, 0.3) is 0 Å². The Kier molecular flexibility index (Phi) is 5.25. The fourth-order valence-electron chi connectivity index (χ4n) is 3.14. The summed E-state index contributed by atoms with van der Waals surface area (Å²) in [6, 6.07) is 7.85. The molecule has 1 amide bonds. The molecule has 0 unspecified atom stereocenters. The molecular formula is C19H23ClN4O. The first-order chi connectivity index (χ1) is 12.0. The summed E-state index contributed by atoms with van der Waals surface area (Å²) in [4.78, 5) is 14.1. The van der Waals surface area contributed by atoms with Crippen LogP contribution in [0.25, 0.3) is 6.08 Å². The average Bonchev–Trinajstić information content (AvgIpc) is 3.12. The topological polar surface area (TPSA) is 64.2 Å². The lowest BCUT2D eigenvalue weighted by Crippen LogP contribution is -2.30. The number of hydrogen-bond donors (Lipinski definition) is 1. The van der Waals surface area contributed by atoms with Crippen LogP contribution in [0.5, 0.6) is 0 Å². The molecule has 3 rings (SSSR count). The monoisotopic (exact) mass is 358 g/mol. The second-order valence-electron chi connectivity index (χ2n) is 6.50. The summed E-state index contributed by atoms with van der Waals surface area (Å²) in [5.74, 6) is 0.00519. The van der Waals surface area contributed by atoms with Crippen molar-refractivity contribution in [2.24, 2.45) is 5.73 Å². The first-order valence-electron chi connectivity index (χ1n) is 8.45. The number of amides is 1. The maximum absolute atomic E-state index is 12.3. The summed E-state index contributed by atoms with van der Waals surface area (Å²) >= 11 is 6.24. The molecule has 1 aromatic heterocycles. The number of aromatic nitrogens is 2. The number of benzene rings is 1. The Labute approximate surface area is 153 Å². The van der Waals surface area contributed by atoms with Crippen LogP contribution in [-0.2, 0) is 11.3 Å². The summed E-state index contributed by atoms with van der Waals surface area (Å²) in [6.07, 6.45) is 4.34. The molecule has 1 fully saturated rings. The lowest BCUT2D eigenvalue weighted by Gasteiger charge is -2.12. The molecule has 0 saturated carbocycles. The number of hydrogen-bond acceptors (Lipinski definition) is 3. The third-order valence-electron chi connectivity index (χ3n) is 4.64. The SMILES string of the molecule is Cc1nn(Cc2ccccc2Cl)c(C)c1C=CC(=O)N1CC[C@H](N)C1. The van der Waals surface area contributed by atoms with Crippen LogP contribution in [0.15, 0.2) is 30.3 Å². The van der Waals surface area contributed by atoms with Crippen molar-refractivity contribution in [3.8, 4) is 0 Å². The highest BCUT2D eigenvalue weighted by molar-refractivity contribution is 6.31. The van der Waals surface area contributed by atoms with E-state index in [2.05, 4.69) is 5.10 Å². The van der Waals surface area contributed by atoms with Crippen molar-refractivity contribution in [1.82, 2.24) is 14.7 Å². The number of aryl methyl sites for hydroxylation is 1. The Bertz CT molecular complexity index is 812. The van der Waals surface area contributed by atoms with Crippen LogP contribution >= 0.6 is 11.6 Å². The fraction of sp³-hybridized carbons (Fsp3) is 0.368. The van der Waals surface area contributed by atoms with Gasteiger partial charge in [-0.15, -0.1) is 0 Å². The molecule has 0 bridgehead atoms. The van der Waals surface area contributed by atoms with Crippen LogP contribution in [0.3, 0.4) is 0 Å². The van der Waals surface area contributed by atoms with Crippen LogP contribution in [0.1, 0.15) is 28.9 Å². The molecule has 25 heavy (non-hydrogen) atoms. The largest absolute Gasteiger partial charge is 0.338 e. The Balaban J connectivity index is 1.77. The van der Waals surface area contributed by atoms with Crippen LogP contribution < -0.4 is 5.73 Å². The summed E-state index contributed by atoms with van der Waals surface area (Å²) < 4.78 is 1.92. The molecule has 132 valence electrons. The molecule has 5 nitrogen and oxygen atoms in total. The molecule has 2 N–H and O–H groups in total. The number of carbonyl (C=O) groups excluding carboxylic acids is 1. The molecule has 1 atom stereocenters. The van der Waals surface area contributed by atoms with Gasteiger partial charge in [0, 0.05) is 41.5 Å². The lowest BCUT2D eigenvalue weighted by atomic mass is 10.1. The zero-order valence-corrected chi connectivity index (χ0v) is 15.3. The molecule has 0 aliphatic carbocycles. The number of nitrogens with zero attached hydrogens (tertiary/aromatic N) is 3. The highest BCUT2D eigenvalue weighted by Gasteiger charge is 2.22. The number of rotatable bonds is 4. The molecule has 2 aromatic rings. The van der Waals surface area contributed by atoms with Gasteiger partial charge in [-0.3, -0.25) is 9.48 Å². The van der Waals surface area contributed by atoms with Crippen molar-refractivity contribution < 1.29 is 4.79 Å². The highest BCUT2D eigenvalue weighted by atomic mass is 35.5. The zero-order valence-electron chi connectivity index (χ0n) is 14.6. The van der Waals surface area contributed by atoms with Crippen LogP contribution in [-0.4, -0.2) is 39.7 Å². The smallest absolute Gasteiger partial charge is 0.246 e. The summed E-state index contributed by atoms with van der Waals surface area (Å²) in [5, 5.41) is 5.33. The van der Waals surface area contributed by atoms with Crippen molar-refractivity contribution in [1.29, 1.82) is 0 Å². The van der Waals surface area contributed by atoms with Gasteiger partial charge in [0.05, 0.1) is 12.2 Å². The van der Waals surface area contributed by atoms with E-state index >= 15 is 0 Å². The van der Waals surface area contributed by atoms with Gasteiger partial charge < -0.3 is 10.6 Å². The third-order valence-corrected chi connectivity index (χ3v) is 5.01. The van der Waals surface area contributed by atoms with Gasteiger partial charge >= 0.3 is 0 Å². The predicted molar refractivity (Wildman–Crippen MR) is 100 cm³/mol. The first kappa shape index (κ1) is 17.7. The number of nitrogens with two attached hydrogens (primary N) is 1. The van der Waals surface area contributed by atoms with E-state index in [0.29, 0.717) is 13.1 Å². The lowest BCUT2D eigenvalue weighted by molar-refractivity contribution is -0.124. The molecule has 1 aromatic carbocycles. The maximum Gasteiger partial charge on any atom is 0.246 e. The second kappa shape index (κ2) is 7.42. The molecule has 2 heterocycles. The van der Waals surface area contributed by atoms with E-state index in [4.69, 9.17) is 17.3 Å². The van der Waals surface area contributed by atoms with Gasteiger partial charge in [-0.25, -0.2) is 0 Å². The molecule has 0 radical (unpaired) electrons. The minimum atomic E-state index is 0.00519. The molecule has 1 aliphatic rings. The van der Waals surface area contributed by atoms with Gasteiger partial charge in [0.15, 0.2) is 0 Å². The minimum absolute atomic E-state index is 0.00519. The van der Waals surface area contributed by atoms with Crippen LogP contribution in [0, 0.1) is 13.8 Å². The third kappa shape index (κ3) is 3.94. The van der Waals surface area contributed by atoms with Gasteiger partial charge in [0.1, 0.15) is 0 Å². The number of carbonyl (C=O) groups is 1. The van der Waals surface area contributed by atoms with Crippen molar-refractivity contribution in [2.45, 2.75) is 32.9 Å². The first-order valence-corrected chi connectivity index (χ1v) is 8.83. The van der Waals surface area contributed by atoms with Crippen molar-refractivity contribution >= 4 is 23.6 Å². The summed E-state index contributed by atoms with van der Waals surface area (Å²) in [7, 11) is 0. The van der Waals surface area contributed by atoms with Gasteiger partial charge in [-0.1, -0.05) is 29.8 Å². The normalized spacial score (nSPS) is 17.6. The Morgan fingerprint density at radius 2 is 2.16 bits per heavy atom. The van der Waals surface area contributed by atoms with E-state index in [1.807, 2.05) is 48.9 Å². The molecule has 1 saturated heterocycles. The van der Waals surface area contributed by atoms with Crippen LogP contribution in [0.2, 0.25) is 5.02 Å². The molecule has 6 heteroatoms. The predicted octanol–water partition coefficient (Wildman–Crippen LogP) is 2.77. The Morgan fingerprint density at radius 1 is 1.40 bits per heavy atom. The van der Waals surface area contributed by atoms with Gasteiger partial charge in [-0.05, 0) is 38.0 Å². The quantitative estimate of drug-likeness (QED) is 0.855. The van der Waals surface area contributed by atoms with Gasteiger partial charge in [0.2, 0.25) is 5.91 Å². The molecule has 0 spiro atoms. The summed E-state index contributed by atoms with van der Waals surface area (Å²) in [5.41, 5.74) is 9.77. The van der Waals surface area contributed by atoms with Crippen LogP contribution in [0.4, 0.5) is 0 Å². The van der Waals surface area contributed by atoms with Gasteiger partial charge in [-0.2, -0.15) is 5.10 Å². The molecular weight excluding hydrogens is 336 g/mol. The van der Waals surface area contributed by atoms with E-state index in [1.54, 1.807) is 11.0 Å². The minimum Gasteiger partial charge on any atom is -0.338 e. The standard InChI is InChI=1S/C19H23ClN4O/c1-13-17(7-8-19(25)23-10-9-16(21)12-23)14(2)24(22-13)11-15-5-3-4-6-18(15)20/h3-8,16H,9-12,21H2,1-2H3/t16-/m0/s1. The van der Waals surface area contributed by atoms with E-state index in [1.165, 1.54) is 0 Å². The Hall–Kier alpha value is -2.11. The van der Waals surface area contributed by atoms with E-state index < -0.39 is 0 Å². The highest BCUT2D eigenvalue weighted by Crippen LogP contribution is 2.20. The van der Waals surface area contributed by atoms with Crippen molar-refractivity contribution in [3.63, 3.8) is 0 Å². The van der Waals surface area contributed by atoms with E-state index in [0.717, 1.165) is 40.5 Å². The number of halogens is 1.